The summed E-state index contributed by atoms with van der Waals surface area (Å²) in [6.45, 7) is -0.336. The Labute approximate surface area is 217 Å². The molecule has 0 aliphatic carbocycles. The van der Waals surface area contributed by atoms with Crippen molar-refractivity contribution in [3.05, 3.63) is 138 Å². The van der Waals surface area contributed by atoms with Crippen molar-refractivity contribution >= 4 is 25.9 Å². The van der Waals surface area contributed by atoms with Crippen molar-refractivity contribution in [1.29, 1.82) is 0 Å². The van der Waals surface area contributed by atoms with Gasteiger partial charge < -0.3 is 14.2 Å². The monoisotopic (exact) mass is 514 g/mol. The van der Waals surface area contributed by atoms with Crippen LogP contribution in [0.2, 0.25) is 0 Å². The molecule has 0 radical (unpaired) electrons. The minimum absolute atomic E-state index is 0.112. The topological polar surface area (TPSA) is 78.9 Å². The average Bonchev–Trinajstić information content (AvgIpc) is 2.96. The van der Waals surface area contributed by atoms with Crippen molar-refractivity contribution in [3.63, 3.8) is 0 Å². The van der Waals surface area contributed by atoms with Crippen LogP contribution in [0.5, 0.6) is 0 Å². The SMILES string of the molecule is O=C(OCc1ccccc1)S(C(=O)OCc1ccccc1)(C(=O)OCc1ccccc1)c1ccccc1. The minimum atomic E-state index is -3.71. The first-order valence-corrected chi connectivity index (χ1v) is 13.2. The van der Waals surface area contributed by atoms with Crippen LogP contribution in [0.1, 0.15) is 16.7 Å². The number of benzene rings is 4. The van der Waals surface area contributed by atoms with Crippen LogP contribution in [0, 0.1) is 0 Å². The van der Waals surface area contributed by atoms with Crippen LogP contribution in [0.15, 0.2) is 126 Å². The van der Waals surface area contributed by atoms with Gasteiger partial charge in [-0.25, -0.2) is 14.4 Å². The van der Waals surface area contributed by atoms with E-state index in [1.165, 1.54) is 0 Å². The number of rotatable bonds is 7. The lowest BCUT2D eigenvalue weighted by atomic mass is 10.2. The summed E-state index contributed by atoms with van der Waals surface area (Å²) >= 11 is 0. The van der Waals surface area contributed by atoms with E-state index >= 15 is 0 Å². The van der Waals surface area contributed by atoms with Crippen molar-refractivity contribution in [1.82, 2.24) is 0 Å². The van der Waals surface area contributed by atoms with Gasteiger partial charge in [-0.15, -0.1) is 0 Å². The van der Waals surface area contributed by atoms with Crippen molar-refractivity contribution in [2.75, 3.05) is 0 Å². The predicted molar refractivity (Wildman–Crippen MR) is 142 cm³/mol. The third kappa shape index (κ3) is 6.26. The summed E-state index contributed by atoms with van der Waals surface area (Å²) in [4.78, 5) is 41.5. The van der Waals surface area contributed by atoms with Crippen molar-refractivity contribution in [3.8, 4) is 0 Å². The molecule has 4 aromatic carbocycles. The Morgan fingerprint density at radius 3 is 1.00 bits per heavy atom. The van der Waals surface area contributed by atoms with Gasteiger partial charge in [0.2, 0.25) is 0 Å². The number of ether oxygens (including phenoxy) is 3. The lowest BCUT2D eigenvalue weighted by Crippen LogP contribution is -2.30. The Morgan fingerprint density at radius 1 is 0.432 bits per heavy atom. The minimum Gasteiger partial charge on any atom is -0.453 e. The van der Waals surface area contributed by atoms with Crippen molar-refractivity contribution in [2.24, 2.45) is 0 Å². The molecule has 0 aromatic heterocycles. The van der Waals surface area contributed by atoms with Crippen LogP contribution >= 0.6 is 10.0 Å². The Kier molecular flexibility index (Phi) is 8.73. The van der Waals surface area contributed by atoms with Crippen LogP contribution in [0.4, 0.5) is 14.4 Å². The van der Waals surface area contributed by atoms with Crippen LogP contribution in [-0.4, -0.2) is 15.9 Å². The summed E-state index contributed by atoms with van der Waals surface area (Å²) < 4.78 is 16.8. The summed E-state index contributed by atoms with van der Waals surface area (Å²) in [7, 11) is -3.71. The maximum Gasteiger partial charge on any atom is 0.373 e. The molecule has 37 heavy (non-hydrogen) atoms. The summed E-state index contributed by atoms with van der Waals surface area (Å²) in [5.41, 5.74) is 2.15. The molecule has 0 aliphatic rings. The maximum absolute atomic E-state index is 13.8. The fraction of sp³-hybridized carbons (Fsp3) is 0.100. The molecule has 0 aliphatic heterocycles. The molecular formula is C30H26O6S. The zero-order valence-corrected chi connectivity index (χ0v) is 20.8. The Bertz CT molecular complexity index is 1180. The molecule has 6 nitrogen and oxygen atoms in total. The van der Waals surface area contributed by atoms with E-state index in [2.05, 4.69) is 0 Å². The highest BCUT2D eigenvalue weighted by Gasteiger charge is 2.53. The first-order valence-electron chi connectivity index (χ1n) is 11.6. The predicted octanol–water partition coefficient (Wildman–Crippen LogP) is 7.86. The van der Waals surface area contributed by atoms with Gasteiger partial charge in [-0.2, -0.15) is 0 Å². The molecule has 0 amide bonds. The zero-order chi connectivity index (χ0) is 25.9. The quantitative estimate of drug-likeness (QED) is 0.184. The van der Waals surface area contributed by atoms with Gasteiger partial charge in [-0.1, -0.05) is 109 Å². The highest BCUT2D eigenvalue weighted by Crippen LogP contribution is 2.60. The number of carbonyl (C=O) groups is 3. The average molecular weight is 515 g/mol. The van der Waals surface area contributed by atoms with Gasteiger partial charge in [-0.3, -0.25) is 0 Å². The number of hydrogen-bond donors (Lipinski definition) is 0. The van der Waals surface area contributed by atoms with Gasteiger partial charge in [0.25, 0.3) is 0 Å². The van der Waals surface area contributed by atoms with Gasteiger partial charge in [0.15, 0.2) is 0 Å². The van der Waals surface area contributed by atoms with Crippen LogP contribution in [0.3, 0.4) is 0 Å². The second-order valence-electron chi connectivity index (χ2n) is 8.00. The fourth-order valence-corrected chi connectivity index (χ4v) is 5.79. The molecule has 0 bridgehead atoms. The lowest BCUT2D eigenvalue weighted by Gasteiger charge is -2.31. The van der Waals surface area contributed by atoms with Gasteiger partial charge >= 0.3 is 15.9 Å². The van der Waals surface area contributed by atoms with E-state index in [1.54, 1.807) is 66.7 Å². The van der Waals surface area contributed by atoms with Crippen LogP contribution < -0.4 is 0 Å². The highest BCUT2D eigenvalue weighted by atomic mass is 32.3. The number of carbonyl (C=O) groups excluding carboxylic acids is 3. The zero-order valence-electron chi connectivity index (χ0n) is 20.0. The van der Waals surface area contributed by atoms with Gasteiger partial charge in [-0.05, 0) is 28.8 Å². The molecule has 188 valence electrons. The first kappa shape index (κ1) is 25.7. The van der Waals surface area contributed by atoms with Crippen LogP contribution in [0.25, 0.3) is 0 Å². The molecule has 7 heteroatoms. The molecule has 0 spiro atoms. The Morgan fingerprint density at radius 2 is 0.703 bits per heavy atom. The molecule has 0 saturated heterocycles. The first-order chi connectivity index (χ1) is 18.1. The molecule has 0 heterocycles. The molecule has 4 rings (SSSR count). The molecule has 0 unspecified atom stereocenters. The van der Waals surface area contributed by atoms with Gasteiger partial charge in [0, 0.05) is 4.90 Å². The molecule has 4 aromatic rings. The van der Waals surface area contributed by atoms with E-state index in [0.717, 1.165) is 0 Å². The maximum atomic E-state index is 13.8. The second-order valence-corrected chi connectivity index (χ2v) is 10.7. The highest BCUT2D eigenvalue weighted by molar-refractivity contribution is 8.64. The van der Waals surface area contributed by atoms with E-state index in [4.69, 9.17) is 14.2 Å². The molecular weight excluding hydrogens is 488 g/mol. The van der Waals surface area contributed by atoms with E-state index in [-0.39, 0.29) is 24.7 Å². The number of hydrogen-bond acceptors (Lipinski definition) is 6. The second kappa shape index (κ2) is 12.6. The fourth-order valence-electron chi connectivity index (χ4n) is 3.53. The summed E-state index contributed by atoms with van der Waals surface area (Å²) in [5.74, 6) is 0. The molecule has 0 saturated carbocycles. The van der Waals surface area contributed by atoms with Crippen LogP contribution in [-0.2, 0) is 34.0 Å². The molecule has 0 N–H and O–H groups in total. The summed E-state index contributed by atoms with van der Waals surface area (Å²) in [5, 5.41) is -2.96. The van der Waals surface area contributed by atoms with Crippen molar-refractivity contribution < 1.29 is 28.6 Å². The summed E-state index contributed by atoms with van der Waals surface area (Å²) in [6, 6.07) is 35.2. The van der Waals surface area contributed by atoms with Gasteiger partial charge in [0.1, 0.15) is 19.8 Å². The third-order valence-corrected chi connectivity index (χ3v) is 8.28. The van der Waals surface area contributed by atoms with Crippen molar-refractivity contribution in [2.45, 2.75) is 24.7 Å². The smallest absolute Gasteiger partial charge is 0.373 e. The third-order valence-electron chi connectivity index (χ3n) is 5.45. The van der Waals surface area contributed by atoms with E-state index < -0.39 is 25.9 Å². The summed E-state index contributed by atoms with van der Waals surface area (Å²) in [6.07, 6.45) is 0. The standard InChI is InChI=1S/C30H26O6S/c31-28(34-21-24-13-5-1-6-14-24)37(27-19-11-4-12-20-27,29(32)35-22-25-15-7-2-8-16-25)30(33)36-23-26-17-9-3-10-18-26/h1-20H,21-23H2. The largest absolute Gasteiger partial charge is 0.453 e. The Hall–Kier alpha value is -4.36. The lowest BCUT2D eigenvalue weighted by molar-refractivity contribution is 0.154. The van der Waals surface area contributed by atoms with Gasteiger partial charge in [0.05, 0.1) is 10.0 Å². The molecule has 0 atom stereocenters. The normalized spacial score (nSPS) is 11.2. The van der Waals surface area contributed by atoms with E-state index in [9.17, 15) is 14.4 Å². The molecule has 0 fully saturated rings. The Balaban J connectivity index is 1.69. The van der Waals surface area contributed by atoms with E-state index in [0.29, 0.717) is 16.7 Å². The van der Waals surface area contributed by atoms with E-state index in [1.807, 2.05) is 54.6 Å².